The highest BCUT2D eigenvalue weighted by molar-refractivity contribution is 5.99. The first kappa shape index (κ1) is 17.4. The summed E-state index contributed by atoms with van der Waals surface area (Å²) in [6.07, 6.45) is 4.43. The lowest BCUT2D eigenvalue weighted by Crippen LogP contribution is -2.49. The number of hydrogen-bond acceptors (Lipinski definition) is 5. The standard InChI is InChI=1S/C19H23N5O/c1-12-4-7-14(8-5-12)23(2)18-15(11-21)19(25)24(3)16-9-6-13(10-20)22-17(16)18/h6,9,12,14-15,18H,4-5,7-8H2,1-3H3. The molecule has 3 rings (SSSR count). The van der Waals surface area contributed by atoms with Crippen LogP contribution in [0.3, 0.4) is 0 Å². The van der Waals surface area contributed by atoms with Gasteiger partial charge in [-0.15, -0.1) is 0 Å². The summed E-state index contributed by atoms with van der Waals surface area (Å²) < 4.78 is 0. The van der Waals surface area contributed by atoms with Crippen LogP contribution in [0.4, 0.5) is 5.69 Å². The van der Waals surface area contributed by atoms with Gasteiger partial charge in [0.05, 0.1) is 23.5 Å². The van der Waals surface area contributed by atoms with Gasteiger partial charge in [-0.1, -0.05) is 6.92 Å². The van der Waals surface area contributed by atoms with Crippen LogP contribution in [0, 0.1) is 34.5 Å². The highest BCUT2D eigenvalue weighted by Crippen LogP contribution is 2.42. The third-order valence-electron chi connectivity index (χ3n) is 5.71. The number of carbonyl (C=O) groups excluding carboxylic acids is 1. The number of aromatic nitrogens is 1. The van der Waals surface area contributed by atoms with E-state index in [4.69, 9.17) is 0 Å². The predicted molar refractivity (Wildman–Crippen MR) is 93.4 cm³/mol. The zero-order valence-electron chi connectivity index (χ0n) is 14.9. The van der Waals surface area contributed by atoms with Crippen LogP contribution in [-0.2, 0) is 4.79 Å². The largest absolute Gasteiger partial charge is 0.312 e. The van der Waals surface area contributed by atoms with E-state index in [9.17, 15) is 15.3 Å². The molecule has 2 atom stereocenters. The summed E-state index contributed by atoms with van der Waals surface area (Å²) in [6, 6.07) is 7.55. The number of hydrogen-bond donors (Lipinski definition) is 0. The van der Waals surface area contributed by atoms with Crippen molar-refractivity contribution in [2.45, 2.75) is 44.7 Å². The molecule has 0 aromatic carbocycles. The Hall–Kier alpha value is -2.44. The summed E-state index contributed by atoms with van der Waals surface area (Å²) in [5, 5.41) is 18.9. The Kier molecular flexibility index (Phi) is 4.74. The summed E-state index contributed by atoms with van der Waals surface area (Å²) in [5.41, 5.74) is 1.67. The summed E-state index contributed by atoms with van der Waals surface area (Å²) in [4.78, 5) is 20.8. The van der Waals surface area contributed by atoms with Crippen molar-refractivity contribution in [3.05, 3.63) is 23.5 Å². The maximum absolute atomic E-state index is 12.7. The van der Waals surface area contributed by atoms with Crippen molar-refractivity contribution in [1.82, 2.24) is 9.88 Å². The van der Waals surface area contributed by atoms with Gasteiger partial charge in [0.2, 0.25) is 5.91 Å². The van der Waals surface area contributed by atoms with Crippen LogP contribution in [0.25, 0.3) is 0 Å². The van der Waals surface area contributed by atoms with Crippen LogP contribution in [0.1, 0.15) is 50.0 Å². The molecule has 0 spiro atoms. The minimum Gasteiger partial charge on any atom is -0.312 e. The van der Waals surface area contributed by atoms with E-state index in [0.29, 0.717) is 23.1 Å². The third-order valence-corrected chi connectivity index (χ3v) is 5.71. The van der Waals surface area contributed by atoms with E-state index in [1.54, 1.807) is 19.2 Å². The number of fused-ring (bicyclic) bond motifs is 1. The van der Waals surface area contributed by atoms with E-state index in [-0.39, 0.29) is 5.91 Å². The molecule has 25 heavy (non-hydrogen) atoms. The first-order valence-corrected chi connectivity index (χ1v) is 8.78. The van der Waals surface area contributed by atoms with Gasteiger partial charge in [-0.2, -0.15) is 10.5 Å². The molecular formula is C19H23N5O. The summed E-state index contributed by atoms with van der Waals surface area (Å²) in [6.45, 7) is 2.27. The van der Waals surface area contributed by atoms with Crippen molar-refractivity contribution >= 4 is 11.6 Å². The molecule has 2 aliphatic rings. The molecule has 6 nitrogen and oxygen atoms in total. The minimum atomic E-state index is -0.803. The fourth-order valence-electron chi connectivity index (χ4n) is 4.08. The molecule has 2 heterocycles. The molecular weight excluding hydrogens is 314 g/mol. The molecule has 1 aromatic rings. The number of carbonyl (C=O) groups is 1. The van der Waals surface area contributed by atoms with Crippen LogP contribution in [-0.4, -0.2) is 35.9 Å². The predicted octanol–water partition coefficient (Wildman–Crippen LogP) is 2.62. The SMILES string of the molecule is CC1CCC(N(C)C2c3nc(C#N)ccc3N(C)C(=O)C2C#N)CC1. The molecule has 0 radical (unpaired) electrons. The van der Waals surface area contributed by atoms with Gasteiger partial charge in [-0.3, -0.25) is 9.69 Å². The lowest BCUT2D eigenvalue weighted by Gasteiger charge is -2.43. The molecule has 0 saturated heterocycles. The zero-order chi connectivity index (χ0) is 18.1. The van der Waals surface area contributed by atoms with Crippen molar-refractivity contribution in [3.8, 4) is 12.1 Å². The van der Waals surface area contributed by atoms with Crippen molar-refractivity contribution in [1.29, 1.82) is 10.5 Å². The molecule has 1 aliphatic carbocycles. The Bertz CT molecular complexity index is 754. The normalized spacial score (nSPS) is 29.0. The average molecular weight is 337 g/mol. The molecule has 1 aromatic heterocycles. The van der Waals surface area contributed by atoms with Gasteiger partial charge in [0, 0.05) is 13.1 Å². The molecule has 0 bridgehead atoms. The summed E-state index contributed by atoms with van der Waals surface area (Å²) >= 11 is 0. The van der Waals surface area contributed by atoms with E-state index in [0.717, 1.165) is 31.6 Å². The van der Waals surface area contributed by atoms with E-state index in [1.165, 1.54) is 4.90 Å². The molecule has 1 saturated carbocycles. The van der Waals surface area contributed by atoms with Gasteiger partial charge in [-0.25, -0.2) is 4.98 Å². The van der Waals surface area contributed by atoms with Gasteiger partial charge in [0.1, 0.15) is 17.7 Å². The number of anilines is 1. The topological polar surface area (TPSA) is 84.0 Å². The number of rotatable bonds is 2. The molecule has 1 aliphatic heterocycles. The van der Waals surface area contributed by atoms with Crippen LogP contribution in [0.5, 0.6) is 0 Å². The van der Waals surface area contributed by atoms with E-state index >= 15 is 0 Å². The van der Waals surface area contributed by atoms with Gasteiger partial charge < -0.3 is 4.90 Å². The molecule has 0 N–H and O–H groups in total. The van der Waals surface area contributed by atoms with E-state index < -0.39 is 12.0 Å². The Morgan fingerprint density at radius 2 is 1.92 bits per heavy atom. The number of nitriles is 2. The van der Waals surface area contributed by atoms with Crippen molar-refractivity contribution < 1.29 is 4.79 Å². The average Bonchev–Trinajstić information content (AvgIpc) is 2.64. The van der Waals surface area contributed by atoms with Crippen molar-refractivity contribution in [2.24, 2.45) is 11.8 Å². The second-order valence-corrected chi connectivity index (χ2v) is 7.24. The summed E-state index contributed by atoms with van der Waals surface area (Å²) in [5.74, 6) is -0.281. The first-order chi connectivity index (χ1) is 12.0. The van der Waals surface area contributed by atoms with E-state index in [1.807, 2.05) is 7.05 Å². The summed E-state index contributed by atoms with van der Waals surface area (Å²) in [7, 11) is 3.65. The maximum Gasteiger partial charge on any atom is 0.246 e. The molecule has 130 valence electrons. The lowest BCUT2D eigenvalue weighted by molar-refractivity contribution is -0.123. The molecule has 6 heteroatoms. The van der Waals surface area contributed by atoms with Gasteiger partial charge in [0.15, 0.2) is 0 Å². The van der Waals surface area contributed by atoms with Gasteiger partial charge >= 0.3 is 0 Å². The third kappa shape index (κ3) is 2.99. The highest BCUT2D eigenvalue weighted by atomic mass is 16.2. The second-order valence-electron chi connectivity index (χ2n) is 7.24. The van der Waals surface area contributed by atoms with Crippen molar-refractivity contribution in [2.75, 3.05) is 19.0 Å². The minimum absolute atomic E-state index is 0.206. The zero-order valence-corrected chi connectivity index (χ0v) is 14.9. The van der Waals surface area contributed by atoms with Gasteiger partial charge in [-0.05, 0) is 50.8 Å². The number of amides is 1. The monoisotopic (exact) mass is 337 g/mol. The fourth-order valence-corrected chi connectivity index (χ4v) is 4.08. The van der Waals surface area contributed by atoms with Gasteiger partial charge in [0.25, 0.3) is 0 Å². The molecule has 2 unspecified atom stereocenters. The Morgan fingerprint density at radius 3 is 2.52 bits per heavy atom. The fraction of sp³-hybridized carbons (Fsp3) is 0.579. The highest BCUT2D eigenvalue weighted by Gasteiger charge is 2.44. The number of nitrogens with zero attached hydrogens (tertiary/aromatic N) is 5. The maximum atomic E-state index is 12.7. The Balaban J connectivity index is 2.03. The van der Waals surface area contributed by atoms with Crippen LogP contribution in [0.2, 0.25) is 0 Å². The number of pyridine rings is 1. The Morgan fingerprint density at radius 1 is 1.24 bits per heavy atom. The quantitative estimate of drug-likeness (QED) is 0.828. The van der Waals surface area contributed by atoms with E-state index in [2.05, 4.69) is 28.9 Å². The Labute approximate surface area is 148 Å². The second kappa shape index (κ2) is 6.82. The van der Waals surface area contributed by atoms with Crippen LogP contribution >= 0.6 is 0 Å². The van der Waals surface area contributed by atoms with Crippen molar-refractivity contribution in [3.63, 3.8) is 0 Å². The first-order valence-electron chi connectivity index (χ1n) is 8.78. The molecule has 1 fully saturated rings. The molecule has 1 amide bonds. The van der Waals surface area contributed by atoms with Crippen LogP contribution < -0.4 is 4.90 Å². The lowest BCUT2D eigenvalue weighted by atomic mass is 9.83. The van der Waals surface area contributed by atoms with Crippen LogP contribution in [0.15, 0.2) is 12.1 Å². The smallest absolute Gasteiger partial charge is 0.246 e.